The third-order valence-corrected chi connectivity index (χ3v) is 4.43. The molecule has 0 aromatic heterocycles. The Hall–Kier alpha value is -0.540. The fraction of sp³-hybridized carbons (Fsp3) is 0.500. The number of piperidine rings is 1. The van der Waals surface area contributed by atoms with E-state index >= 15 is 0 Å². The van der Waals surface area contributed by atoms with Gasteiger partial charge in [0.15, 0.2) is 0 Å². The SMILES string of the molecule is Cc1ccc(C(=O)N2CCCCC2CCl)c(Br)c1. The van der Waals surface area contributed by atoms with Crippen LogP contribution >= 0.6 is 27.5 Å². The van der Waals surface area contributed by atoms with Crippen molar-refractivity contribution < 1.29 is 4.79 Å². The first-order valence-corrected chi connectivity index (χ1v) is 7.59. The maximum Gasteiger partial charge on any atom is 0.255 e. The zero-order valence-electron chi connectivity index (χ0n) is 10.5. The summed E-state index contributed by atoms with van der Waals surface area (Å²) in [7, 11) is 0. The standard InChI is InChI=1S/C14H17BrClNO/c1-10-5-6-12(13(15)8-10)14(18)17-7-3-2-4-11(17)9-16/h5-6,8,11H,2-4,7,9H2,1H3. The Labute approximate surface area is 121 Å². The zero-order valence-corrected chi connectivity index (χ0v) is 12.8. The van der Waals surface area contributed by atoms with Gasteiger partial charge in [0.05, 0.1) is 5.56 Å². The largest absolute Gasteiger partial charge is 0.334 e. The molecule has 0 radical (unpaired) electrons. The Morgan fingerprint density at radius 2 is 2.28 bits per heavy atom. The predicted molar refractivity (Wildman–Crippen MR) is 78.3 cm³/mol. The number of hydrogen-bond donors (Lipinski definition) is 0. The molecule has 2 nitrogen and oxygen atoms in total. The van der Waals surface area contributed by atoms with Crippen molar-refractivity contribution in [1.82, 2.24) is 4.90 Å². The number of halogens is 2. The Bertz CT molecular complexity index is 449. The number of likely N-dealkylation sites (tertiary alicyclic amines) is 1. The molecule has 1 aromatic rings. The molecule has 0 saturated carbocycles. The van der Waals surface area contributed by atoms with Gasteiger partial charge in [-0.05, 0) is 59.8 Å². The topological polar surface area (TPSA) is 20.3 Å². The highest BCUT2D eigenvalue weighted by molar-refractivity contribution is 9.10. The van der Waals surface area contributed by atoms with Gasteiger partial charge in [-0.2, -0.15) is 0 Å². The number of amides is 1. The lowest BCUT2D eigenvalue weighted by Gasteiger charge is -2.34. The summed E-state index contributed by atoms with van der Waals surface area (Å²) in [5.41, 5.74) is 1.88. The third kappa shape index (κ3) is 2.89. The molecule has 1 aromatic carbocycles. The molecule has 2 rings (SSSR count). The van der Waals surface area contributed by atoms with Gasteiger partial charge in [0.25, 0.3) is 5.91 Å². The number of benzene rings is 1. The number of hydrogen-bond acceptors (Lipinski definition) is 1. The molecule has 1 aliphatic heterocycles. The number of rotatable bonds is 2. The monoisotopic (exact) mass is 329 g/mol. The first-order chi connectivity index (χ1) is 8.63. The van der Waals surface area contributed by atoms with Crippen LogP contribution < -0.4 is 0 Å². The molecule has 4 heteroatoms. The highest BCUT2D eigenvalue weighted by Crippen LogP contribution is 2.25. The third-order valence-electron chi connectivity index (χ3n) is 3.42. The summed E-state index contributed by atoms with van der Waals surface area (Å²) in [5.74, 6) is 0.613. The Kier molecular flexibility index (Phi) is 4.68. The van der Waals surface area contributed by atoms with E-state index in [1.165, 1.54) is 0 Å². The van der Waals surface area contributed by atoms with Gasteiger partial charge in [-0.25, -0.2) is 0 Å². The molecule has 0 spiro atoms. The second kappa shape index (κ2) is 6.07. The number of carbonyl (C=O) groups excluding carboxylic acids is 1. The van der Waals surface area contributed by atoms with Crippen molar-refractivity contribution in [3.05, 3.63) is 33.8 Å². The van der Waals surface area contributed by atoms with Crippen LogP contribution in [0.4, 0.5) is 0 Å². The van der Waals surface area contributed by atoms with Gasteiger partial charge in [0.2, 0.25) is 0 Å². The van der Waals surface area contributed by atoms with Gasteiger partial charge in [0, 0.05) is 22.9 Å². The average molecular weight is 331 g/mol. The first-order valence-electron chi connectivity index (χ1n) is 6.26. The van der Waals surface area contributed by atoms with Crippen LogP contribution in [0.25, 0.3) is 0 Å². The van der Waals surface area contributed by atoms with Crippen LogP contribution in [0.1, 0.15) is 35.2 Å². The highest BCUT2D eigenvalue weighted by atomic mass is 79.9. The van der Waals surface area contributed by atoms with E-state index < -0.39 is 0 Å². The van der Waals surface area contributed by atoms with Gasteiger partial charge in [0.1, 0.15) is 0 Å². The Balaban J connectivity index is 2.24. The summed E-state index contributed by atoms with van der Waals surface area (Å²) in [6, 6.07) is 6.02. The minimum Gasteiger partial charge on any atom is -0.334 e. The number of carbonyl (C=O) groups is 1. The molecular formula is C14H17BrClNO. The van der Waals surface area contributed by atoms with Crippen molar-refractivity contribution in [3.8, 4) is 0 Å². The molecule has 1 saturated heterocycles. The van der Waals surface area contributed by atoms with E-state index in [0.717, 1.165) is 41.4 Å². The van der Waals surface area contributed by atoms with E-state index in [4.69, 9.17) is 11.6 Å². The quantitative estimate of drug-likeness (QED) is 0.751. The van der Waals surface area contributed by atoms with E-state index in [2.05, 4.69) is 15.9 Å². The molecule has 0 N–H and O–H groups in total. The van der Waals surface area contributed by atoms with E-state index in [9.17, 15) is 4.79 Å². The summed E-state index contributed by atoms with van der Waals surface area (Å²) in [5, 5.41) is 0. The van der Waals surface area contributed by atoms with E-state index in [0.29, 0.717) is 5.88 Å². The molecule has 98 valence electrons. The first kappa shape index (κ1) is 13.9. The molecule has 1 fully saturated rings. The fourth-order valence-corrected chi connectivity index (χ4v) is 3.36. The van der Waals surface area contributed by atoms with Crippen molar-refractivity contribution in [3.63, 3.8) is 0 Å². The molecule has 18 heavy (non-hydrogen) atoms. The van der Waals surface area contributed by atoms with Gasteiger partial charge in [-0.1, -0.05) is 6.07 Å². The summed E-state index contributed by atoms with van der Waals surface area (Å²) in [6.45, 7) is 2.83. The second-order valence-corrected chi connectivity index (χ2v) is 5.95. The zero-order chi connectivity index (χ0) is 13.1. The Morgan fingerprint density at radius 1 is 1.50 bits per heavy atom. The van der Waals surface area contributed by atoms with Gasteiger partial charge < -0.3 is 4.90 Å². The maximum absolute atomic E-state index is 12.5. The maximum atomic E-state index is 12.5. The van der Waals surface area contributed by atoms with Crippen LogP contribution in [0.3, 0.4) is 0 Å². The normalized spacial score (nSPS) is 19.9. The van der Waals surface area contributed by atoms with Gasteiger partial charge >= 0.3 is 0 Å². The molecular weight excluding hydrogens is 314 g/mol. The molecule has 1 aliphatic rings. The lowest BCUT2D eigenvalue weighted by atomic mass is 10.0. The summed E-state index contributed by atoms with van der Waals surface area (Å²) >= 11 is 9.44. The van der Waals surface area contributed by atoms with Crippen LogP contribution in [0.2, 0.25) is 0 Å². The second-order valence-electron chi connectivity index (χ2n) is 4.79. The van der Waals surface area contributed by atoms with Gasteiger partial charge in [-0.15, -0.1) is 11.6 Å². The lowest BCUT2D eigenvalue weighted by Crippen LogP contribution is -2.44. The number of alkyl halides is 1. The Morgan fingerprint density at radius 3 is 2.94 bits per heavy atom. The van der Waals surface area contributed by atoms with Crippen LogP contribution in [-0.4, -0.2) is 29.3 Å². The van der Waals surface area contributed by atoms with E-state index in [1.807, 2.05) is 30.0 Å². The average Bonchev–Trinajstić information content (AvgIpc) is 2.38. The predicted octanol–water partition coefficient (Wildman–Crippen LogP) is 3.99. The van der Waals surface area contributed by atoms with Crippen molar-refractivity contribution in [1.29, 1.82) is 0 Å². The molecule has 1 amide bonds. The molecule has 0 bridgehead atoms. The fourth-order valence-electron chi connectivity index (χ4n) is 2.38. The summed E-state index contributed by atoms with van der Waals surface area (Å²) in [4.78, 5) is 14.5. The van der Waals surface area contributed by atoms with Crippen LogP contribution in [-0.2, 0) is 0 Å². The molecule has 1 atom stereocenters. The minimum atomic E-state index is 0.0900. The number of aryl methyl sites for hydroxylation is 1. The van der Waals surface area contributed by atoms with Crippen molar-refractivity contribution >= 4 is 33.4 Å². The van der Waals surface area contributed by atoms with Crippen LogP contribution in [0, 0.1) is 6.92 Å². The highest BCUT2D eigenvalue weighted by Gasteiger charge is 2.27. The lowest BCUT2D eigenvalue weighted by molar-refractivity contribution is 0.0638. The van der Waals surface area contributed by atoms with Crippen molar-refractivity contribution in [2.24, 2.45) is 0 Å². The molecule has 0 aliphatic carbocycles. The summed E-state index contributed by atoms with van der Waals surface area (Å²) in [6.07, 6.45) is 3.25. The molecule has 1 heterocycles. The van der Waals surface area contributed by atoms with Crippen molar-refractivity contribution in [2.45, 2.75) is 32.2 Å². The minimum absolute atomic E-state index is 0.0900. The number of nitrogens with zero attached hydrogens (tertiary/aromatic N) is 1. The summed E-state index contributed by atoms with van der Waals surface area (Å²) < 4.78 is 0.867. The smallest absolute Gasteiger partial charge is 0.255 e. The van der Waals surface area contributed by atoms with E-state index in [-0.39, 0.29) is 11.9 Å². The van der Waals surface area contributed by atoms with Crippen LogP contribution in [0.5, 0.6) is 0 Å². The van der Waals surface area contributed by atoms with Gasteiger partial charge in [-0.3, -0.25) is 4.79 Å². The van der Waals surface area contributed by atoms with Crippen LogP contribution in [0.15, 0.2) is 22.7 Å². The molecule has 1 unspecified atom stereocenters. The van der Waals surface area contributed by atoms with Crippen molar-refractivity contribution in [2.75, 3.05) is 12.4 Å². The van der Waals surface area contributed by atoms with E-state index in [1.54, 1.807) is 0 Å².